The molecule has 2 rings (SSSR count). The average Bonchev–Trinajstić information content (AvgIpc) is 2.59. The third-order valence-electron chi connectivity index (χ3n) is 4.16. The van der Waals surface area contributed by atoms with Crippen molar-refractivity contribution < 1.29 is 4.79 Å². The van der Waals surface area contributed by atoms with Gasteiger partial charge in [0.1, 0.15) is 6.04 Å². The van der Waals surface area contributed by atoms with Crippen LogP contribution in [0.25, 0.3) is 6.08 Å². The molecule has 0 radical (unpaired) electrons. The second-order valence-electron chi connectivity index (χ2n) is 5.51. The molecule has 1 atom stereocenters. The van der Waals surface area contributed by atoms with Crippen LogP contribution in [0.3, 0.4) is 0 Å². The summed E-state index contributed by atoms with van der Waals surface area (Å²) in [6.07, 6.45) is 4.11. The lowest BCUT2D eigenvalue weighted by molar-refractivity contribution is -0.135. The van der Waals surface area contributed by atoms with Crippen LogP contribution in [0.4, 0.5) is 0 Å². The number of nitrogens with one attached hydrogen (secondary N) is 1. The zero-order chi connectivity index (χ0) is 15.8. The Morgan fingerprint density at radius 2 is 1.86 bits per heavy atom. The van der Waals surface area contributed by atoms with E-state index in [1.807, 2.05) is 29.2 Å². The smallest absolute Gasteiger partial charge is 0.244 e. The Morgan fingerprint density at radius 3 is 2.45 bits per heavy atom. The average molecular weight is 301 g/mol. The van der Waals surface area contributed by atoms with Crippen LogP contribution < -0.4 is 5.32 Å². The summed E-state index contributed by atoms with van der Waals surface area (Å²) in [5.74, 6) is 0.220. The second-order valence-corrected chi connectivity index (χ2v) is 5.51. The van der Waals surface area contributed by atoms with E-state index < -0.39 is 0 Å². The van der Waals surface area contributed by atoms with Gasteiger partial charge in [-0.05, 0) is 18.7 Å². The number of likely N-dealkylation sites (N-methyl/N-ethyl adjacent to an activating group) is 1. The highest BCUT2D eigenvalue weighted by molar-refractivity contribution is 5.85. The summed E-state index contributed by atoms with van der Waals surface area (Å²) < 4.78 is 0. The Kier molecular flexibility index (Phi) is 6.62. The first kappa shape index (κ1) is 16.7. The van der Waals surface area contributed by atoms with E-state index in [4.69, 9.17) is 0 Å². The van der Waals surface area contributed by atoms with Gasteiger partial charge in [0, 0.05) is 26.2 Å². The molecular weight excluding hydrogens is 274 g/mol. The summed E-state index contributed by atoms with van der Waals surface area (Å²) in [5.41, 5.74) is 1.13. The minimum Gasteiger partial charge on any atom is -0.339 e. The van der Waals surface area contributed by atoms with E-state index in [9.17, 15) is 4.79 Å². The highest BCUT2D eigenvalue weighted by atomic mass is 16.2. The van der Waals surface area contributed by atoms with E-state index >= 15 is 0 Å². The van der Waals surface area contributed by atoms with Crippen LogP contribution in [0.5, 0.6) is 0 Å². The Morgan fingerprint density at radius 1 is 1.23 bits per heavy atom. The van der Waals surface area contributed by atoms with Crippen molar-refractivity contribution >= 4 is 12.0 Å². The molecule has 1 aromatic rings. The summed E-state index contributed by atoms with van der Waals surface area (Å²) in [5, 5.41) is 3.30. The third kappa shape index (κ3) is 4.42. The molecule has 1 aliphatic rings. The molecule has 1 aliphatic heterocycles. The summed E-state index contributed by atoms with van der Waals surface area (Å²) in [4.78, 5) is 17.1. The number of hydrogen-bond donors (Lipinski definition) is 1. The highest BCUT2D eigenvalue weighted by Crippen LogP contribution is 2.10. The van der Waals surface area contributed by atoms with Crippen LogP contribution in [0, 0.1) is 0 Å². The Hall–Kier alpha value is -1.65. The minimum atomic E-state index is -0.173. The normalized spacial score (nSPS) is 17.1. The van der Waals surface area contributed by atoms with Crippen molar-refractivity contribution in [3.05, 3.63) is 42.0 Å². The number of hydrogen-bond acceptors (Lipinski definition) is 3. The first-order valence-electron chi connectivity index (χ1n) is 8.23. The number of nitrogens with zero attached hydrogens (tertiary/aromatic N) is 2. The molecule has 0 bridgehead atoms. The SMILES string of the molecule is CCN(CC)C(/C=C\c1ccccc1)C(=O)N1CCNCC1. The van der Waals surface area contributed by atoms with E-state index in [1.54, 1.807) is 0 Å². The van der Waals surface area contributed by atoms with Gasteiger partial charge in [-0.1, -0.05) is 56.3 Å². The fourth-order valence-electron chi connectivity index (χ4n) is 2.82. The standard InChI is InChI=1S/C18H27N3O/c1-3-20(4-2)17(11-10-16-8-6-5-7-9-16)18(22)21-14-12-19-13-15-21/h5-11,17,19H,3-4,12-15H2,1-2H3/b11-10-. The number of piperazine rings is 1. The quantitative estimate of drug-likeness (QED) is 0.871. The molecule has 0 saturated carbocycles. The summed E-state index contributed by atoms with van der Waals surface area (Å²) in [6.45, 7) is 9.34. The predicted octanol–water partition coefficient (Wildman–Crippen LogP) is 1.84. The molecule has 120 valence electrons. The van der Waals surface area contributed by atoms with E-state index in [2.05, 4.69) is 42.3 Å². The van der Waals surface area contributed by atoms with Crippen molar-refractivity contribution in [1.29, 1.82) is 0 Å². The minimum absolute atomic E-state index is 0.173. The van der Waals surface area contributed by atoms with Gasteiger partial charge in [-0.3, -0.25) is 9.69 Å². The molecule has 1 aromatic carbocycles. The van der Waals surface area contributed by atoms with Gasteiger partial charge < -0.3 is 10.2 Å². The largest absolute Gasteiger partial charge is 0.339 e. The van der Waals surface area contributed by atoms with Gasteiger partial charge in [-0.25, -0.2) is 0 Å². The third-order valence-corrected chi connectivity index (χ3v) is 4.16. The van der Waals surface area contributed by atoms with Crippen molar-refractivity contribution in [2.45, 2.75) is 19.9 Å². The lowest BCUT2D eigenvalue weighted by Crippen LogP contribution is -2.53. The topological polar surface area (TPSA) is 35.6 Å². The van der Waals surface area contributed by atoms with Gasteiger partial charge in [0.25, 0.3) is 0 Å². The number of rotatable bonds is 6. The van der Waals surface area contributed by atoms with Crippen molar-refractivity contribution in [3.8, 4) is 0 Å². The van der Waals surface area contributed by atoms with Crippen LogP contribution in [-0.4, -0.2) is 61.0 Å². The molecule has 1 heterocycles. The Bertz CT molecular complexity index is 476. The number of carbonyl (C=O) groups excluding carboxylic acids is 1. The second kappa shape index (κ2) is 8.71. The van der Waals surface area contributed by atoms with Crippen LogP contribution in [0.1, 0.15) is 19.4 Å². The lowest BCUT2D eigenvalue weighted by atomic mass is 10.1. The first-order valence-corrected chi connectivity index (χ1v) is 8.23. The van der Waals surface area contributed by atoms with Gasteiger partial charge >= 0.3 is 0 Å². The fraction of sp³-hybridized carbons (Fsp3) is 0.500. The molecule has 0 aliphatic carbocycles. The Balaban J connectivity index is 2.14. The molecule has 22 heavy (non-hydrogen) atoms. The van der Waals surface area contributed by atoms with Crippen molar-refractivity contribution in [2.75, 3.05) is 39.3 Å². The maximum atomic E-state index is 12.9. The fourth-order valence-corrected chi connectivity index (χ4v) is 2.82. The van der Waals surface area contributed by atoms with Crippen LogP contribution >= 0.6 is 0 Å². The maximum Gasteiger partial charge on any atom is 0.244 e. The molecule has 4 nitrogen and oxygen atoms in total. The molecule has 0 aromatic heterocycles. The van der Waals surface area contributed by atoms with Crippen LogP contribution in [0.2, 0.25) is 0 Å². The molecular formula is C18H27N3O. The number of carbonyl (C=O) groups is 1. The highest BCUT2D eigenvalue weighted by Gasteiger charge is 2.27. The summed E-state index contributed by atoms with van der Waals surface area (Å²) in [7, 11) is 0. The van der Waals surface area contributed by atoms with Crippen molar-refractivity contribution in [2.24, 2.45) is 0 Å². The molecule has 4 heteroatoms. The predicted molar refractivity (Wildman–Crippen MR) is 91.6 cm³/mol. The molecule has 1 N–H and O–H groups in total. The number of amides is 1. The van der Waals surface area contributed by atoms with Gasteiger partial charge in [-0.2, -0.15) is 0 Å². The van der Waals surface area contributed by atoms with Gasteiger partial charge in [0.15, 0.2) is 0 Å². The van der Waals surface area contributed by atoms with Gasteiger partial charge in [0.05, 0.1) is 0 Å². The zero-order valence-corrected chi connectivity index (χ0v) is 13.7. The molecule has 1 unspecified atom stereocenters. The maximum absolute atomic E-state index is 12.9. The number of benzene rings is 1. The van der Waals surface area contributed by atoms with E-state index in [0.717, 1.165) is 44.8 Å². The Labute approximate surface area is 133 Å². The van der Waals surface area contributed by atoms with Gasteiger partial charge in [0.2, 0.25) is 5.91 Å². The van der Waals surface area contributed by atoms with Crippen LogP contribution in [-0.2, 0) is 4.79 Å². The van der Waals surface area contributed by atoms with Crippen molar-refractivity contribution in [3.63, 3.8) is 0 Å². The zero-order valence-electron chi connectivity index (χ0n) is 13.7. The van der Waals surface area contributed by atoms with E-state index in [-0.39, 0.29) is 11.9 Å². The summed E-state index contributed by atoms with van der Waals surface area (Å²) in [6, 6.07) is 9.99. The van der Waals surface area contributed by atoms with E-state index in [0.29, 0.717) is 0 Å². The van der Waals surface area contributed by atoms with Crippen molar-refractivity contribution in [1.82, 2.24) is 15.1 Å². The molecule has 1 saturated heterocycles. The molecule has 1 amide bonds. The molecule has 0 spiro atoms. The molecule has 1 fully saturated rings. The van der Waals surface area contributed by atoms with Gasteiger partial charge in [-0.15, -0.1) is 0 Å². The lowest BCUT2D eigenvalue weighted by Gasteiger charge is -2.34. The first-order chi connectivity index (χ1) is 10.8. The van der Waals surface area contributed by atoms with E-state index in [1.165, 1.54) is 0 Å². The summed E-state index contributed by atoms with van der Waals surface area (Å²) >= 11 is 0. The monoisotopic (exact) mass is 301 g/mol. The van der Waals surface area contributed by atoms with Crippen LogP contribution in [0.15, 0.2) is 36.4 Å².